The van der Waals surface area contributed by atoms with Gasteiger partial charge in [-0.2, -0.15) is 0 Å². The van der Waals surface area contributed by atoms with Crippen molar-refractivity contribution in [2.45, 2.75) is 57.7 Å². The van der Waals surface area contributed by atoms with Crippen LogP contribution < -0.4 is 0 Å². The summed E-state index contributed by atoms with van der Waals surface area (Å²) in [6, 6.07) is 10.0. The first-order chi connectivity index (χ1) is 12.5. The molecule has 1 aromatic rings. The third-order valence-electron chi connectivity index (χ3n) is 6.11. The molecule has 2 atom stereocenters. The third-order valence-corrected chi connectivity index (χ3v) is 6.11. The molecule has 1 aromatic carbocycles. The summed E-state index contributed by atoms with van der Waals surface area (Å²) in [4.78, 5) is 27.2. The van der Waals surface area contributed by atoms with Crippen LogP contribution in [-0.2, 0) is 20.9 Å². The Labute approximate surface area is 154 Å². The summed E-state index contributed by atoms with van der Waals surface area (Å²) in [5.41, 5.74) is 1.02. The molecule has 0 N–H and O–H groups in total. The number of Topliss-reactive ketones (excluding diaryl/α,β-unsaturated/α-hetero) is 1. The van der Waals surface area contributed by atoms with Crippen LogP contribution >= 0.6 is 0 Å². The molecule has 0 aliphatic carbocycles. The van der Waals surface area contributed by atoms with Gasteiger partial charge in [0.05, 0.1) is 13.2 Å². The summed E-state index contributed by atoms with van der Waals surface area (Å²) < 4.78 is 10.8. The first-order valence-electron chi connectivity index (χ1n) is 9.64. The second-order valence-electron chi connectivity index (χ2n) is 8.45. The lowest BCUT2D eigenvalue weighted by molar-refractivity contribution is -0.142. The van der Waals surface area contributed by atoms with Crippen LogP contribution in [0.4, 0.5) is 4.79 Å². The van der Waals surface area contributed by atoms with E-state index >= 15 is 0 Å². The maximum Gasteiger partial charge on any atom is 0.410 e. The van der Waals surface area contributed by atoms with E-state index in [2.05, 4.69) is 6.92 Å². The Morgan fingerprint density at radius 2 is 1.81 bits per heavy atom. The van der Waals surface area contributed by atoms with Crippen molar-refractivity contribution >= 4 is 11.9 Å². The average molecular weight is 357 g/mol. The molecule has 5 nitrogen and oxygen atoms in total. The second-order valence-corrected chi connectivity index (χ2v) is 8.45. The molecular weight excluding hydrogens is 330 g/mol. The Balaban J connectivity index is 1.33. The predicted octanol–water partition coefficient (Wildman–Crippen LogP) is 3.56. The zero-order chi connectivity index (χ0) is 18.1. The van der Waals surface area contributed by atoms with E-state index < -0.39 is 0 Å². The van der Waals surface area contributed by atoms with Crippen molar-refractivity contribution in [1.82, 2.24) is 4.90 Å². The Bertz CT molecular complexity index is 656. The van der Waals surface area contributed by atoms with Gasteiger partial charge in [-0.15, -0.1) is 0 Å². The number of hydrogen-bond donors (Lipinski definition) is 0. The van der Waals surface area contributed by atoms with Crippen LogP contribution in [0.3, 0.4) is 0 Å². The third kappa shape index (κ3) is 3.50. The maximum atomic E-state index is 12.7. The van der Waals surface area contributed by atoms with Crippen molar-refractivity contribution < 1.29 is 19.1 Å². The molecule has 0 radical (unpaired) electrons. The highest BCUT2D eigenvalue weighted by Crippen LogP contribution is 2.41. The van der Waals surface area contributed by atoms with E-state index in [0.717, 1.165) is 31.2 Å². The molecule has 3 saturated heterocycles. The highest BCUT2D eigenvalue weighted by Gasteiger charge is 2.47. The summed E-state index contributed by atoms with van der Waals surface area (Å²) in [5, 5.41) is 0. The molecule has 4 rings (SSSR count). The predicted molar refractivity (Wildman–Crippen MR) is 96.6 cm³/mol. The summed E-state index contributed by atoms with van der Waals surface area (Å²) >= 11 is 0. The van der Waals surface area contributed by atoms with Crippen LogP contribution in [0.15, 0.2) is 30.3 Å². The van der Waals surface area contributed by atoms with Gasteiger partial charge in [-0.25, -0.2) is 4.79 Å². The van der Waals surface area contributed by atoms with Crippen molar-refractivity contribution in [3.05, 3.63) is 35.9 Å². The van der Waals surface area contributed by atoms with Crippen molar-refractivity contribution in [3.8, 4) is 0 Å². The topological polar surface area (TPSA) is 55.8 Å². The number of benzene rings is 1. The Morgan fingerprint density at radius 3 is 2.38 bits per heavy atom. The summed E-state index contributed by atoms with van der Waals surface area (Å²) in [7, 11) is 0. The second kappa shape index (κ2) is 7.03. The number of ether oxygens (including phenoxy) is 2. The van der Waals surface area contributed by atoms with Gasteiger partial charge in [-0.3, -0.25) is 4.79 Å². The smallest absolute Gasteiger partial charge is 0.410 e. The van der Waals surface area contributed by atoms with Crippen LogP contribution in [-0.4, -0.2) is 42.1 Å². The Morgan fingerprint density at radius 1 is 1.15 bits per heavy atom. The fourth-order valence-corrected chi connectivity index (χ4v) is 4.65. The average Bonchev–Trinajstić information content (AvgIpc) is 2.88. The first-order valence-corrected chi connectivity index (χ1v) is 9.64. The monoisotopic (exact) mass is 357 g/mol. The highest BCUT2D eigenvalue weighted by molar-refractivity contribution is 5.82. The van der Waals surface area contributed by atoms with E-state index in [4.69, 9.17) is 9.47 Å². The molecule has 5 heteroatoms. The van der Waals surface area contributed by atoms with Crippen LogP contribution in [0, 0.1) is 11.3 Å². The van der Waals surface area contributed by atoms with E-state index in [9.17, 15) is 9.59 Å². The van der Waals surface area contributed by atoms with E-state index in [0.29, 0.717) is 32.0 Å². The lowest BCUT2D eigenvalue weighted by Crippen LogP contribution is -2.49. The van der Waals surface area contributed by atoms with Gasteiger partial charge in [0.25, 0.3) is 0 Å². The van der Waals surface area contributed by atoms with Crippen LogP contribution in [0.5, 0.6) is 0 Å². The van der Waals surface area contributed by atoms with Gasteiger partial charge >= 0.3 is 6.09 Å². The van der Waals surface area contributed by atoms with Gasteiger partial charge in [0.2, 0.25) is 0 Å². The molecule has 140 valence electrons. The fraction of sp³-hybridized carbons (Fsp3) is 0.619. The molecule has 2 unspecified atom stereocenters. The molecule has 3 aliphatic rings. The standard InChI is InChI=1S/C21H27NO4/c1-21(13-25-14-21)11-19(23)16-9-17-7-8-18(10-16)22(17)20(24)26-12-15-5-3-2-4-6-15/h2-6,16-18H,7-14H2,1H3. The molecule has 3 aliphatic heterocycles. The van der Waals surface area contributed by atoms with Crippen LogP contribution in [0.2, 0.25) is 0 Å². The number of amides is 1. The van der Waals surface area contributed by atoms with Crippen molar-refractivity contribution in [2.75, 3.05) is 13.2 Å². The minimum atomic E-state index is -0.230. The number of nitrogens with zero attached hydrogens (tertiary/aromatic N) is 1. The summed E-state index contributed by atoms with van der Waals surface area (Å²) in [6.07, 6.45) is 3.91. The number of hydrogen-bond acceptors (Lipinski definition) is 4. The lowest BCUT2D eigenvalue weighted by atomic mass is 9.77. The molecule has 0 aromatic heterocycles. The van der Waals surface area contributed by atoms with Gasteiger partial charge in [-0.05, 0) is 31.2 Å². The molecule has 2 bridgehead atoms. The molecule has 1 amide bonds. The van der Waals surface area contributed by atoms with E-state index in [1.165, 1.54) is 0 Å². The minimum Gasteiger partial charge on any atom is -0.445 e. The molecule has 26 heavy (non-hydrogen) atoms. The number of fused-ring (bicyclic) bond motifs is 2. The minimum absolute atomic E-state index is 0.0296. The van der Waals surface area contributed by atoms with Crippen LogP contribution in [0.1, 0.15) is 44.6 Å². The number of ketones is 1. The van der Waals surface area contributed by atoms with Crippen molar-refractivity contribution in [1.29, 1.82) is 0 Å². The SMILES string of the molecule is CC1(CC(=O)C2CC3CCC(C2)N3C(=O)OCc2ccccc2)COC1. The quantitative estimate of drug-likeness (QED) is 0.808. The van der Waals surface area contributed by atoms with Gasteiger partial charge in [0, 0.05) is 29.8 Å². The van der Waals surface area contributed by atoms with Crippen molar-refractivity contribution in [2.24, 2.45) is 11.3 Å². The van der Waals surface area contributed by atoms with Crippen molar-refractivity contribution in [3.63, 3.8) is 0 Å². The number of carbonyl (C=O) groups is 2. The lowest BCUT2D eigenvalue weighted by Gasteiger charge is -2.41. The van der Waals surface area contributed by atoms with E-state index in [1.807, 2.05) is 35.2 Å². The van der Waals surface area contributed by atoms with Gasteiger partial charge in [0.1, 0.15) is 12.4 Å². The molecular formula is C21H27NO4. The highest BCUT2D eigenvalue weighted by atomic mass is 16.6. The van der Waals surface area contributed by atoms with E-state index in [1.54, 1.807) is 0 Å². The summed E-state index contributed by atoms with van der Waals surface area (Å²) in [6.45, 7) is 3.81. The van der Waals surface area contributed by atoms with Gasteiger partial charge < -0.3 is 14.4 Å². The molecule has 0 saturated carbocycles. The number of piperidine rings is 1. The zero-order valence-corrected chi connectivity index (χ0v) is 15.4. The fourth-order valence-electron chi connectivity index (χ4n) is 4.65. The molecule has 3 heterocycles. The largest absolute Gasteiger partial charge is 0.445 e. The zero-order valence-electron chi connectivity index (χ0n) is 15.4. The number of carbonyl (C=O) groups excluding carboxylic acids is 2. The normalized spacial score (nSPS) is 29.1. The number of rotatable bonds is 5. The Kier molecular flexibility index (Phi) is 4.74. The van der Waals surface area contributed by atoms with Crippen LogP contribution in [0.25, 0.3) is 0 Å². The van der Waals surface area contributed by atoms with Gasteiger partial charge in [-0.1, -0.05) is 37.3 Å². The van der Waals surface area contributed by atoms with E-state index in [-0.39, 0.29) is 29.5 Å². The first kappa shape index (κ1) is 17.5. The molecule has 0 spiro atoms. The molecule has 3 fully saturated rings. The maximum absolute atomic E-state index is 12.7. The summed E-state index contributed by atoms with van der Waals surface area (Å²) in [5.74, 6) is 0.438. The Hall–Kier alpha value is -1.88. The van der Waals surface area contributed by atoms with Gasteiger partial charge in [0.15, 0.2) is 0 Å².